The zero-order valence-corrected chi connectivity index (χ0v) is 24.8. The number of aliphatic hydroxyl groups is 5. The molecule has 0 radical (unpaired) electrons. The lowest BCUT2D eigenvalue weighted by Crippen LogP contribution is -2.63. The van der Waals surface area contributed by atoms with Gasteiger partial charge in [0.05, 0.1) is 29.9 Å². The van der Waals surface area contributed by atoms with E-state index in [1.165, 1.54) is 36.4 Å². The van der Waals surface area contributed by atoms with Gasteiger partial charge in [0.1, 0.15) is 30.5 Å². The van der Waals surface area contributed by atoms with Crippen molar-refractivity contribution in [1.82, 2.24) is 0 Å². The molecule has 2 aliphatic rings. The van der Waals surface area contributed by atoms with E-state index in [1.807, 2.05) is 0 Å². The minimum Gasteiger partial charge on any atom is -0.452 e. The lowest BCUT2D eigenvalue weighted by molar-refractivity contribution is -0.324. The summed E-state index contributed by atoms with van der Waals surface area (Å²) in [7, 11) is 0. The van der Waals surface area contributed by atoms with E-state index in [0.717, 1.165) is 0 Å². The van der Waals surface area contributed by atoms with Crippen molar-refractivity contribution in [3.05, 3.63) is 108 Å². The van der Waals surface area contributed by atoms with Crippen LogP contribution < -0.4 is 0 Å². The third-order valence-corrected chi connectivity index (χ3v) is 7.64. The fraction of sp³-hybridized carbons (Fsp3) is 0.364. The van der Waals surface area contributed by atoms with Gasteiger partial charge in [-0.3, -0.25) is 0 Å². The van der Waals surface area contributed by atoms with E-state index in [9.17, 15) is 39.9 Å². The minimum absolute atomic E-state index is 0.101. The fourth-order valence-corrected chi connectivity index (χ4v) is 5.12. The van der Waals surface area contributed by atoms with Gasteiger partial charge in [0.2, 0.25) is 0 Å². The highest BCUT2D eigenvalue weighted by Gasteiger charge is 2.53. The number of benzene rings is 3. The topological polar surface area (TPSA) is 208 Å². The molecule has 5 N–H and O–H groups in total. The quantitative estimate of drug-likeness (QED) is 0.146. The van der Waals surface area contributed by atoms with Crippen molar-refractivity contribution < 1.29 is 68.3 Å². The largest absolute Gasteiger partial charge is 0.452 e. The number of esters is 3. The first-order valence-electron chi connectivity index (χ1n) is 14.7. The molecule has 14 heteroatoms. The second-order valence-electron chi connectivity index (χ2n) is 10.8. The van der Waals surface area contributed by atoms with Crippen LogP contribution in [-0.4, -0.2) is 118 Å². The maximum absolute atomic E-state index is 13.3. The Morgan fingerprint density at radius 2 is 1.00 bits per heavy atom. The van der Waals surface area contributed by atoms with Crippen LogP contribution >= 0.6 is 0 Å². The molecule has 2 heterocycles. The van der Waals surface area contributed by atoms with Crippen LogP contribution in [0.5, 0.6) is 0 Å². The average Bonchev–Trinajstić information content (AvgIpc) is 3.10. The molecule has 2 fully saturated rings. The Kier molecular flexibility index (Phi) is 11.3. The van der Waals surface area contributed by atoms with Crippen molar-refractivity contribution in [2.24, 2.45) is 0 Å². The van der Waals surface area contributed by atoms with Gasteiger partial charge in [-0.2, -0.15) is 0 Å². The first kappa shape index (κ1) is 34.1. The van der Waals surface area contributed by atoms with Crippen molar-refractivity contribution in [1.29, 1.82) is 0 Å². The second-order valence-corrected chi connectivity index (χ2v) is 10.8. The highest BCUT2D eigenvalue weighted by atomic mass is 16.7. The number of hydrogen-bond donors (Lipinski definition) is 5. The Morgan fingerprint density at radius 1 is 0.553 bits per heavy atom. The Balaban J connectivity index is 1.47. The minimum atomic E-state index is -1.95. The third-order valence-electron chi connectivity index (χ3n) is 7.64. The lowest BCUT2D eigenvalue weighted by atomic mass is 9.97. The maximum Gasteiger partial charge on any atom is 0.338 e. The standard InChI is InChI=1S/C33H34O14/c34-16-21-23(35)24(36)25(37)33(44-21)42-17-22-26(45-29(38)18-10-4-1-5-11-18)27(46-30(39)19-12-6-2-7-13-19)28(32(41)43-22)47-31(40)20-14-8-3-9-15-20/h1-15,21-28,32-37,41H,16-17H2/t21-,22-,23-,24+,25-,26-,27+,28-,32+,33-/m1/s1. The number of carbonyl (C=O) groups excluding carboxylic acids is 3. The Hall–Kier alpha value is -4.25. The van der Waals surface area contributed by atoms with Crippen molar-refractivity contribution in [3.63, 3.8) is 0 Å². The smallest absolute Gasteiger partial charge is 0.338 e. The van der Waals surface area contributed by atoms with Gasteiger partial charge in [0.25, 0.3) is 0 Å². The predicted molar refractivity (Wildman–Crippen MR) is 158 cm³/mol. The summed E-state index contributed by atoms with van der Waals surface area (Å²) >= 11 is 0. The van der Waals surface area contributed by atoms with Gasteiger partial charge < -0.3 is 54.0 Å². The molecule has 5 rings (SSSR count). The number of hydrogen-bond acceptors (Lipinski definition) is 14. The molecule has 0 amide bonds. The van der Waals surface area contributed by atoms with Crippen LogP contribution in [0.25, 0.3) is 0 Å². The molecule has 250 valence electrons. The first-order chi connectivity index (χ1) is 22.7. The Morgan fingerprint density at radius 3 is 1.47 bits per heavy atom. The third kappa shape index (κ3) is 8.01. The van der Waals surface area contributed by atoms with Gasteiger partial charge in [-0.15, -0.1) is 0 Å². The number of ether oxygens (including phenoxy) is 6. The Bertz CT molecular complexity index is 1470. The first-order valence-corrected chi connectivity index (χ1v) is 14.7. The highest BCUT2D eigenvalue weighted by molar-refractivity contribution is 5.91. The van der Waals surface area contributed by atoms with Crippen molar-refractivity contribution in [2.75, 3.05) is 13.2 Å². The second kappa shape index (κ2) is 15.6. The summed E-state index contributed by atoms with van der Waals surface area (Å²) in [4.78, 5) is 39.8. The summed E-state index contributed by atoms with van der Waals surface area (Å²) in [6.07, 6.45) is -16.5. The molecule has 0 aliphatic carbocycles. The molecule has 2 aliphatic heterocycles. The molecule has 0 bridgehead atoms. The molecule has 3 aromatic carbocycles. The zero-order valence-electron chi connectivity index (χ0n) is 24.8. The van der Waals surface area contributed by atoms with E-state index in [-0.39, 0.29) is 16.7 Å². The van der Waals surface area contributed by atoms with Crippen molar-refractivity contribution in [2.45, 2.75) is 61.4 Å². The van der Waals surface area contributed by atoms with Gasteiger partial charge >= 0.3 is 17.9 Å². The van der Waals surface area contributed by atoms with Crippen LogP contribution in [0.3, 0.4) is 0 Å². The normalized spacial score (nSPS) is 30.6. The summed E-state index contributed by atoms with van der Waals surface area (Å²) in [6.45, 7) is -1.34. The van der Waals surface area contributed by atoms with E-state index in [4.69, 9.17) is 28.4 Å². The number of aliphatic hydroxyl groups excluding tert-OH is 5. The predicted octanol–water partition coefficient (Wildman–Crippen LogP) is 0.197. The average molecular weight is 655 g/mol. The van der Waals surface area contributed by atoms with E-state index in [0.29, 0.717) is 0 Å². The summed E-state index contributed by atoms with van der Waals surface area (Å²) in [6, 6.07) is 23.4. The molecule has 3 aromatic rings. The van der Waals surface area contributed by atoms with E-state index in [2.05, 4.69) is 0 Å². The van der Waals surface area contributed by atoms with E-state index >= 15 is 0 Å². The molecular weight excluding hydrogens is 620 g/mol. The molecule has 0 aromatic heterocycles. The lowest BCUT2D eigenvalue weighted by Gasteiger charge is -2.44. The summed E-state index contributed by atoms with van der Waals surface area (Å²) in [5, 5.41) is 51.4. The van der Waals surface area contributed by atoms with Crippen LogP contribution in [0, 0.1) is 0 Å². The van der Waals surface area contributed by atoms with Gasteiger partial charge in [-0.1, -0.05) is 54.6 Å². The van der Waals surface area contributed by atoms with Crippen molar-refractivity contribution >= 4 is 17.9 Å². The van der Waals surface area contributed by atoms with Crippen LogP contribution in [0.1, 0.15) is 31.1 Å². The fourth-order valence-electron chi connectivity index (χ4n) is 5.12. The monoisotopic (exact) mass is 654 g/mol. The molecule has 0 saturated carbocycles. The SMILES string of the molecule is O=C(O[C@@H]1[C@@H](OC(=O)c2ccccc2)[C@@H](O)O[C@H](CO[C@@H]2O[C@H](CO)[C@@H](O)[C@H](O)[C@H]2O)[C@H]1OC(=O)c1ccccc1)c1ccccc1. The number of carbonyl (C=O) groups is 3. The molecule has 10 atom stereocenters. The van der Waals surface area contributed by atoms with E-state index in [1.54, 1.807) is 54.6 Å². The van der Waals surface area contributed by atoms with Crippen molar-refractivity contribution in [3.8, 4) is 0 Å². The van der Waals surface area contributed by atoms with Crippen LogP contribution in [0.2, 0.25) is 0 Å². The Labute approximate surface area is 268 Å². The van der Waals surface area contributed by atoms with Crippen LogP contribution in [0.15, 0.2) is 91.0 Å². The molecule has 14 nitrogen and oxygen atoms in total. The number of rotatable bonds is 10. The van der Waals surface area contributed by atoms with E-state index < -0.39 is 92.5 Å². The molecular formula is C33H34O14. The van der Waals surface area contributed by atoms with Gasteiger partial charge in [-0.05, 0) is 36.4 Å². The molecule has 0 unspecified atom stereocenters. The molecule has 2 saturated heterocycles. The van der Waals surface area contributed by atoms with Gasteiger partial charge in [0.15, 0.2) is 30.9 Å². The van der Waals surface area contributed by atoms with Gasteiger partial charge in [0, 0.05) is 0 Å². The maximum atomic E-state index is 13.3. The summed E-state index contributed by atoms with van der Waals surface area (Å²) < 4.78 is 33.9. The molecule has 47 heavy (non-hydrogen) atoms. The summed E-state index contributed by atoms with van der Waals surface area (Å²) in [5.74, 6) is -2.69. The molecule has 0 spiro atoms. The van der Waals surface area contributed by atoms with Gasteiger partial charge in [-0.25, -0.2) is 14.4 Å². The highest BCUT2D eigenvalue weighted by Crippen LogP contribution is 2.31. The summed E-state index contributed by atoms with van der Waals surface area (Å²) in [5.41, 5.74) is 0.320. The zero-order chi connectivity index (χ0) is 33.5. The van der Waals surface area contributed by atoms with Crippen LogP contribution in [-0.2, 0) is 28.4 Å². The van der Waals surface area contributed by atoms with Crippen LogP contribution in [0.4, 0.5) is 0 Å².